The highest BCUT2D eigenvalue weighted by molar-refractivity contribution is 7.09. The van der Waals surface area contributed by atoms with Crippen molar-refractivity contribution in [3.8, 4) is 11.3 Å². The minimum absolute atomic E-state index is 0.217. The molecule has 0 bridgehead atoms. The van der Waals surface area contributed by atoms with E-state index in [0.717, 1.165) is 21.8 Å². The van der Waals surface area contributed by atoms with Crippen LogP contribution in [0, 0.1) is 0 Å². The largest absolute Gasteiger partial charge is 0.333 e. The van der Waals surface area contributed by atoms with Crippen LogP contribution in [0.1, 0.15) is 4.88 Å². The SMILES string of the molecule is O=C(NCc1cccs1)Nc1cccc(-c2ccn[nH]2)c1. The summed E-state index contributed by atoms with van der Waals surface area (Å²) >= 11 is 1.62. The number of hydrogen-bond donors (Lipinski definition) is 3. The van der Waals surface area contributed by atoms with Crippen LogP contribution in [0.15, 0.2) is 54.0 Å². The molecule has 2 aromatic heterocycles. The number of hydrogen-bond acceptors (Lipinski definition) is 3. The number of benzene rings is 1. The van der Waals surface area contributed by atoms with Gasteiger partial charge in [-0.1, -0.05) is 18.2 Å². The molecule has 0 aliphatic carbocycles. The van der Waals surface area contributed by atoms with E-state index < -0.39 is 0 Å². The van der Waals surface area contributed by atoms with Crippen molar-refractivity contribution in [2.24, 2.45) is 0 Å². The van der Waals surface area contributed by atoms with Gasteiger partial charge in [-0.2, -0.15) is 5.10 Å². The lowest BCUT2D eigenvalue weighted by Crippen LogP contribution is -2.27. The first-order chi connectivity index (χ1) is 10.3. The second-order valence-corrected chi connectivity index (χ2v) is 5.47. The number of aromatic amines is 1. The van der Waals surface area contributed by atoms with Gasteiger partial charge in [0, 0.05) is 22.3 Å². The number of aromatic nitrogens is 2. The Hall–Kier alpha value is -2.60. The lowest BCUT2D eigenvalue weighted by Gasteiger charge is -2.08. The molecule has 0 fully saturated rings. The maximum absolute atomic E-state index is 11.9. The number of amides is 2. The third-order valence-electron chi connectivity index (χ3n) is 2.94. The van der Waals surface area contributed by atoms with Crippen LogP contribution in [-0.2, 0) is 6.54 Å². The predicted molar refractivity (Wildman–Crippen MR) is 84.2 cm³/mol. The fraction of sp³-hybridized carbons (Fsp3) is 0.0667. The fourth-order valence-corrected chi connectivity index (χ4v) is 2.58. The zero-order valence-corrected chi connectivity index (χ0v) is 12.0. The second-order valence-electron chi connectivity index (χ2n) is 4.44. The first-order valence-corrected chi connectivity index (χ1v) is 7.36. The number of H-pyrrole nitrogens is 1. The summed E-state index contributed by atoms with van der Waals surface area (Å²) in [4.78, 5) is 13.0. The number of nitrogens with one attached hydrogen (secondary N) is 3. The number of carbonyl (C=O) groups is 1. The average Bonchev–Trinajstić information content (AvgIpc) is 3.19. The van der Waals surface area contributed by atoms with E-state index in [1.807, 2.05) is 47.8 Å². The monoisotopic (exact) mass is 298 g/mol. The van der Waals surface area contributed by atoms with E-state index in [0.29, 0.717) is 6.54 Å². The standard InChI is InChI=1S/C15H14N4OS/c20-15(16-10-13-5-2-8-21-13)18-12-4-1-3-11(9-12)14-6-7-17-19-14/h1-9H,10H2,(H,17,19)(H2,16,18,20). The van der Waals surface area contributed by atoms with Gasteiger partial charge < -0.3 is 10.6 Å². The van der Waals surface area contributed by atoms with E-state index in [1.165, 1.54) is 0 Å². The predicted octanol–water partition coefficient (Wildman–Crippen LogP) is 3.46. The van der Waals surface area contributed by atoms with Crippen LogP contribution >= 0.6 is 11.3 Å². The molecule has 0 saturated heterocycles. The Balaban J connectivity index is 1.62. The van der Waals surface area contributed by atoms with Gasteiger partial charge in [-0.05, 0) is 29.6 Å². The van der Waals surface area contributed by atoms with Crippen LogP contribution in [0.25, 0.3) is 11.3 Å². The lowest BCUT2D eigenvalue weighted by molar-refractivity contribution is 0.252. The number of anilines is 1. The van der Waals surface area contributed by atoms with E-state index in [1.54, 1.807) is 17.5 Å². The summed E-state index contributed by atoms with van der Waals surface area (Å²) in [5.74, 6) is 0. The molecule has 3 N–H and O–H groups in total. The number of nitrogens with zero attached hydrogens (tertiary/aromatic N) is 1. The molecule has 3 rings (SSSR count). The molecule has 0 radical (unpaired) electrons. The van der Waals surface area contributed by atoms with Crippen LogP contribution in [0.2, 0.25) is 0 Å². The average molecular weight is 298 g/mol. The quantitative estimate of drug-likeness (QED) is 0.690. The Morgan fingerprint density at radius 3 is 2.95 bits per heavy atom. The molecule has 0 aliphatic heterocycles. The van der Waals surface area contributed by atoms with Crippen molar-refractivity contribution in [1.82, 2.24) is 15.5 Å². The van der Waals surface area contributed by atoms with Crippen LogP contribution in [0.3, 0.4) is 0 Å². The maximum atomic E-state index is 11.9. The molecule has 3 aromatic rings. The Bertz CT molecular complexity index is 707. The number of thiophene rings is 1. The molecule has 21 heavy (non-hydrogen) atoms. The lowest BCUT2D eigenvalue weighted by atomic mass is 10.1. The third kappa shape index (κ3) is 3.49. The summed E-state index contributed by atoms with van der Waals surface area (Å²) in [5.41, 5.74) is 2.63. The first-order valence-electron chi connectivity index (χ1n) is 6.48. The third-order valence-corrected chi connectivity index (χ3v) is 3.81. The van der Waals surface area contributed by atoms with Crippen molar-refractivity contribution in [3.05, 3.63) is 58.9 Å². The molecule has 2 amide bonds. The molecular formula is C15H14N4OS. The summed E-state index contributed by atoms with van der Waals surface area (Å²) in [6.07, 6.45) is 1.70. The zero-order chi connectivity index (χ0) is 14.5. The van der Waals surface area contributed by atoms with Gasteiger partial charge in [0.1, 0.15) is 0 Å². The Labute approximate surface area is 126 Å². The van der Waals surface area contributed by atoms with E-state index in [-0.39, 0.29) is 6.03 Å². The van der Waals surface area contributed by atoms with Gasteiger partial charge in [0.15, 0.2) is 0 Å². The van der Waals surface area contributed by atoms with Gasteiger partial charge in [-0.15, -0.1) is 11.3 Å². The molecule has 5 nitrogen and oxygen atoms in total. The van der Waals surface area contributed by atoms with Crippen molar-refractivity contribution in [2.75, 3.05) is 5.32 Å². The molecule has 0 saturated carbocycles. The topological polar surface area (TPSA) is 69.8 Å². The summed E-state index contributed by atoms with van der Waals surface area (Å²) < 4.78 is 0. The van der Waals surface area contributed by atoms with E-state index >= 15 is 0 Å². The van der Waals surface area contributed by atoms with Crippen molar-refractivity contribution in [1.29, 1.82) is 0 Å². The highest BCUT2D eigenvalue weighted by Crippen LogP contribution is 2.20. The summed E-state index contributed by atoms with van der Waals surface area (Å²) in [6.45, 7) is 0.531. The second kappa shape index (κ2) is 6.23. The van der Waals surface area contributed by atoms with Gasteiger partial charge in [0.05, 0.1) is 12.2 Å². The summed E-state index contributed by atoms with van der Waals surface area (Å²) in [5, 5.41) is 14.5. The Kier molecular flexibility index (Phi) is 3.97. The van der Waals surface area contributed by atoms with Crippen molar-refractivity contribution < 1.29 is 4.79 Å². The molecule has 0 aliphatic rings. The molecule has 6 heteroatoms. The van der Waals surface area contributed by atoms with E-state index in [2.05, 4.69) is 20.8 Å². The molecule has 2 heterocycles. The van der Waals surface area contributed by atoms with Gasteiger partial charge >= 0.3 is 6.03 Å². The number of rotatable bonds is 4. The van der Waals surface area contributed by atoms with E-state index in [4.69, 9.17) is 0 Å². The summed E-state index contributed by atoms with van der Waals surface area (Å²) in [7, 11) is 0. The van der Waals surface area contributed by atoms with Gasteiger partial charge in [0.25, 0.3) is 0 Å². The minimum Gasteiger partial charge on any atom is -0.333 e. The molecule has 1 aromatic carbocycles. The molecule has 0 spiro atoms. The van der Waals surface area contributed by atoms with Crippen LogP contribution in [0.4, 0.5) is 10.5 Å². The number of carbonyl (C=O) groups excluding carboxylic acids is 1. The van der Waals surface area contributed by atoms with Gasteiger partial charge in [0.2, 0.25) is 0 Å². The first kappa shape index (κ1) is 13.4. The molecule has 106 valence electrons. The Morgan fingerprint density at radius 2 is 2.19 bits per heavy atom. The smallest absolute Gasteiger partial charge is 0.319 e. The van der Waals surface area contributed by atoms with Crippen LogP contribution < -0.4 is 10.6 Å². The fourth-order valence-electron chi connectivity index (χ4n) is 1.94. The van der Waals surface area contributed by atoms with Crippen LogP contribution in [-0.4, -0.2) is 16.2 Å². The van der Waals surface area contributed by atoms with Crippen molar-refractivity contribution >= 4 is 23.1 Å². The van der Waals surface area contributed by atoms with E-state index in [9.17, 15) is 4.79 Å². The van der Waals surface area contributed by atoms with Gasteiger partial charge in [-0.3, -0.25) is 5.10 Å². The highest BCUT2D eigenvalue weighted by Gasteiger charge is 2.04. The molecule has 0 unspecified atom stereocenters. The van der Waals surface area contributed by atoms with Gasteiger partial charge in [-0.25, -0.2) is 4.79 Å². The van der Waals surface area contributed by atoms with Crippen LogP contribution in [0.5, 0.6) is 0 Å². The maximum Gasteiger partial charge on any atom is 0.319 e. The van der Waals surface area contributed by atoms with Crippen molar-refractivity contribution in [3.63, 3.8) is 0 Å². The summed E-state index contributed by atoms with van der Waals surface area (Å²) in [6, 6.07) is 13.2. The normalized spacial score (nSPS) is 10.3. The molecular weight excluding hydrogens is 284 g/mol. The Morgan fingerprint density at radius 1 is 1.24 bits per heavy atom. The minimum atomic E-state index is -0.217. The molecule has 0 atom stereocenters. The zero-order valence-electron chi connectivity index (χ0n) is 11.2. The van der Waals surface area contributed by atoms with Crippen molar-refractivity contribution in [2.45, 2.75) is 6.54 Å². The number of urea groups is 1. The highest BCUT2D eigenvalue weighted by atomic mass is 32.1.